The van der Waals surface area contributed by atoms with Crippen molar-refractivity contribution in [2.24, 2.45) is 0 Å². The van der Waals surface area contributed by atoms with Gasteiger partial charge in [-0.1, -0.05) is 48.0 Å². The van der Waals surface area contributed by atoms with E-state index < -0.39 is 11.9 Å². The predicted molar refractivity (Wildman–Crippen MR) is 78.5 cm³/mol. The maximum Gasteiger partial charge on any atom is 0.314 e. The highest BCUT2D eigenvalue weighted by molar-refractivity contribution is 6.30. The summed E-state index contributed by atoms with van der Waals surface area (Å²) < 4.78 is 5.63. The number of halogens is 1. The Bertz CT molecular complexity index is 596. The molecule has 0 heterocycles. The molecular formula is C16H15ClO3. The van der Waals surface area contributed by atoms with Crippen molar-refractivity contribution in [3.05, 3.63) is 64.7 Å². The molecule has 0 bridgehead atoms. The molecule has 0 radical (unpaired) electrons. The van der Waals surface area contributed by atoms with Crippen molar-refractivity contribution in [3.8, 4) is 5.75 Å². The Balaban J connectivity index is 2.14. The molecule has 4 heteroatoms. The molecule has 0 aromatic heterocycles. The molecule has 2 aromatic rings. The highest BCUT2D eigenvalue weighted by Gasteiger charge is 2.20. The monoisotopic (exact) mass is 290 g/mol. The summed E-state index contributed by atoms with van der Waals surface area (Å²) in [5.41, 5.74) is 1.64. The lowest BCUT2D eigenvalue weighted by atomic mass is 10.0. The number of carboxylic acid groups (broad SMARTS) is 1. The second-order valence-electron chi connectivity index (χ2n) is 4.52. The Morgan fingerprint density at radius 3 is 2.60 bits per heavy atom. The lowest BCUT2D eigenvalue weighted by Gasteiger charge is -2.15. The number of carboxylic acids is 1. The summed E-state index contributed by atoms with van der Waals surface area (Å²) in [7, 11) is 0. The summed E-state index contributed by atoms with van der Waals surface area (Å²) in [4.78, 5) is 11.4. The van der Waals surface area contributed by atoms with Crippen LogP contribution in [0.2, 0.25) is 5.02 Å². The minimum absolute atomic E-state index is 0.0700. The smallest absolute Gasteiger partial charge is 0.314 e. The van der Waals surface area contributed by atoms with E-state index in [1.807, 2.05) is 31.2 Å². The van der Waals surface area contributed by atoms with Crippen molar-refractivity contribution < 1.29 is 14.6 Å². The first-order valence-corrected chi connectivity index (χ1v) is 6.62. The third kappa shape index (κ3) is 3.52. The maximum atomic E-state index is 11.4. The van der Waals surface area contributed by atoms with E-state index in [0.29, 0.717) is 10.8 Å². The molecule has 0 aliphatic carbocycles. The minimum Gasteiger partial charge on any atom is -0.492 e. The summed E-state index contributed by atoms with van der Waals surface area (Å²) in [6.45, 7) is 1.96. The average molecular weight is 291 g/mol. The van der Waals surface area contributed by atoms with Crippen LogP contribution in [0, 0.1) is 6.92 Å². The first kappa shape index (κ1) is 14.4. The third-order valence-electron chi connectivity index (χ3n) is 3.06. The molecule has 3 nitrogen and oxygen atoms in total. The molecule has 0 aliphatic rings. The van der Waals surface area contributed by atoms with Crippen molar-refractivity contribution >= 4 is 17.6 Å². The molecular weight excluding hydrogens is 276 g/mol. The van der Waals surface area contributed by atoms with Crippen LogP contribution in [-0.4, -0.2) is 17.7 Å². The number of ether oxygens (including phenoxy) is 1. The van der Waals surface area contributed by atoms with Gasteiger partial charge >= 0.3 is 5.97 Å². The molecule has 2 aromatic carbocycles. The number of aliphatic carboxylic acids is 1. The maximum absolute atomic E-state index is 11.4. The van der Waals surface area contributed by atoms with Gasteiger partial charge in [0.05, 0.1) is 0 Å². The van der Waals surface area contributed by atoms with Crippen molar-refractivity contribution in [1.82, 2.24) is 0 Å². The molecule has 0 aliphatic heterocycles. The van der Waals surface area contributed by atoms with Crippen LogP contribution in [0.5, 0.6) is 5.75 Å². The van der Waals surface area contributed by atoms with Crippen LogP contribution >= 0.6 is 11.6 Å². The van der Waals surface area contributed by atoms with Gasteiger partial charge in [0, 0.05) is 5.02 Å². The number of rotatable bonds is 5. The Kier molecular flexibility index (Phi) is 4.64. The lowest BCUT2D eigenvalue weighted by Crippen LogP contribution is -2.19. The van der Waals surface area contributed by atoms with Crippen LogP contribution in [0.15, 0.2) is 48.5 Å². The first-order valence-electron chi connectivity index (χ1n) is 6.24. The topological polar surface area (TPSA) is 46.5 Å². The van der Waals surface area contributed by atoms with Crippen LogP contribution in [0.4, 0.5) is 0 Å². The van der Waals surface area contributed by atoms with Crippen molar-refractivity contribution in [2.45, 2.75) is 12.8 Å². The predicted octanol–water partition coefficient (Wildman–Crippen LogP) is 3.90. The van der Waals surface area contributed by atoms with Gasteiger partial charge in [-0.15, -0.1) is 0 Å². The van der Waals surface area contributed by atoms with Crippen LogP contribution in [-0.2, 0) is 4.79 Å². The van der Waals surface area contributed by atoms with Gasteiger partial charge in [0.1, 0.15) is 18.3 Å². The molecule has 1 N–H and O–H groups in total. The number of benzene rings is 2. The van der Waals surface area contributed by atoms with Gasteiger partial charge in [-0.05, 0) is 30.2 Å². The van der Waals surface area contributed by atoms with E-state index in [-0.39, 0.29) is 6.61 Å². The van der Waals surface area contributed by atoms with Crippen LogP contribution < -0.4 is 4.74 Å². The zero-order chi connectivity index (χ0) is 14.5. The zero-order valence-electron chi connectivity index (χ0n) is 11.0. The number of aryl methyl sites for hydroxylation is 1. The Hall–Kier alpha value is -2.00. The van der Waals surface area contributed by atoms with E-state index in [2.05, 4.69) is 0 Å². The van der Waals surface area contributed by atoms with Gasteiger partial charge in [0.25, 0.3) is 0 Å². The summed E-state index contributed by atoms with van der Waals surface area (Å²) in [5, 5.41) is 9.89. The van der Waals surface area contributed by atoms with E-state index in [0.717, 1.165) is 11.1 Å². The highest BCUT2D eigenvalue weighted by Crippen LogP contribution is 2.24. The van der Waals surface area contributed by atoms with Gasteiger partial charge in [0.15, 0.2) is 0 Å². The zero-order valence-corrected chi connectivity index (χ0v) is 11.8. The van der Waals surface area contributed by atoms with E-state index in [1.54, 1.807) is 24.3 Å². The Morgan fingerprint density at radius 2 is 1.95 bits per heavy atom. The van der Waals surface area contributed by atoms with Crippen LogP contribution in [0.1, 0.15) is 17.0 Å². The molecule has 20 heavy (non-hydrogen) atoms. The fraction of sp³-hybridized carbons (Fsp3) is 0.188. The van der Waals surface area contributed by atoms with Gasteiger partial charge < -0.3 is 9.84 Å². The second kappa shape index (κ2) is 6.44. The first-order chi connectivity index (χ1) is 9.58. The number of hydrogen-bond donors (Lipinski definition) is 1. The quantitative estimate of drug-likeness (QED) is 0.908. The fourth-order valence-corrected chi connectivity index (χ4v) is 2.06. The summed E-state index contributed by atoms with van der Waals surface area (Å²) >= 11 is 5.92. The van der Waals surface area contributed by atoms with Crippen molar-refractivity contribution in [2.75, 3.05) is 6.61 Å². The highest BCUT2D eigenvalue weighted by atomic mass is 35.5. The average Bonchev–Trinajstić information content (AvgIpc) is 2.43. The standard InChI is InChI=1S/C16H15ClO3/c1-11-7-8-13(17)9-15(11)20-10-14(16(18)19)12-5-3-2-4-6-12/h2-9,14H,10H2,1H3,(H,18,19). The molecule has 2 rings (SSSR count). The Labute approximate surface area is 122 Å². The van der Waals surface area contributed by atoms with Crippen LogP contribution in [0.25, 0.3) is 0 Å². The molecule has 0 spiro atoms. The van der Waals surface area contributed by atoms with Gasteiger partial charge in [0.2, 0.25) is 0 Å². The van der Waals surface area contributed by atoms with Crippen molar-refractivity contribution in [1.29, 1.82) is 0 Å². The normalized spacial score (nSPS) is 11.9. The minimum atomic E-state index is -0.907. The molecule has 0 amide bonds. The van der Waals surface area contributed by atoms with E-state index in [9.17, 15) is 9.90 Å². The van der Waals surface area contributed by atoms with Crippen molar-refractivity contribution in [3.63, 3.8) is 0 Å². The van der Waals surface area contributed by atoms with Crippen LogP contribution in [0.3, 0.4) is 0 Å². The van der Waals surface area contributed by atoms with E-state index >= 15 is 0 Å². The van der Waals surface area contributed by atoms with Gasteiger partial charge in [-0.25, -0.2) is 0 Å². The molecule has 0 saturated carbocycles. The molecule has 104 valence electrons. The molecule has 0 fully saturated rings. The second-order valence-corrected chi connectivity index (χ2v) is 4.96. The van der Waals surface area contributed by atoms with E-state index in [1.165, 1.54) is 0 Å². The summed E-state index contributed by atoms with van der Waals surface area (Å²) in [5.74, 6) is -0.995. The van der Waals surface area contributed by atoms with E-state index in [4.69, 9.17) is 16.3 Å². The SMILES string of the molecule is Cc1ccc(Cl)cc1OCC(C(=O)O)c1ccccc1. The molecule has 1 atom stereocenters. The number of carbonyl (C=O) groups is 1. The third-order valence-corrected chi connectivity index (χ3v) is 3.29. The van der Waals surface area contributed by atoms with Gasteiger partial charge in [-0.2, -0.15) is 0 Å². The largest absolute Gasteiger partial charge is 0.492 e. The lowest BCUT2D eigenvalue weighted by molar-refractivity contribution is -0.139. The number of hydrogen-bond acceptors (Lipinski definition) is 2. The van der Waals surface area contributed by atoms with Gasteiger partial charge in [-0.3, -0.25) is 4.79 Å². The Morgan fingerprint density at radius 1 is 1.25 bits per heavy atom. The summed E-state index contributed by atoms with van der Waals surface area (Å²) in [6, 6.07) is 14.4. The fourth-order valence-electron chi connectivity index (χ4n) is 1.90. The molecule has 1 unspecified atom stereocenters. The molecule has 0 saturated heterocycles. The summed E-state index contributed by atoms with van der Waals surface area (Å²) in [6.07, 6.45) is 0.